The first kappa shape index (κ1) is 12.7. The zero-order chi connectivity index (χ0) is 12.1. The molecule has 1 aromatic carbocycles. The Kier molecular flexibility index (Phi) is 4.52. The Morgan fingerprint density at radius 1 is 1.12 bits per heavy atom. The third-order valence-corrected chi connectivity index (χ3v) is 3.24. The first-order chi connectivity index (χ1) is 7.57. The van der Waals surface area contributed by atoms with Crippen LogP contribution in [0, 0.1) is 39.0 Å². The lowest BCUT2D eigenvalue weighted by atomic mass is 9.94. The molecule has 0 aliphatic carbocycles. The van der Waals surface area contributed by atoms with E-state index in [1.54, 1.807) is 0 Å². The zero-order valence-corrected chi connectivity index (χ0v) is 10.6. The summed E-state index contributed by atoms with van der Waals surface area (Å²) in [6.07, 6.45) is 0.572. The molecule has 0 fully saturated rings. The van der Waals surface area contributed by atoms with Gasteiger partial charge in [-0.1, -0.05) is 6.07 Å². The molecule has 86 valence electrons. The van der Waals surface area contributed by atoms with Crippen molar-refractivity contribution in [2.75, 3.05) is 6.54 Å². The van der Waals surface area contributed by atoms with Gasteiger partial charge in [0.15, 0.2) is 0 Å². The van der Waals surface area contributed by atoms with Gasteiger partial charge in [-0.2, -0.15) is 5.26 Å². The van der Waals surface area contributed by atoms with Crippen LogP contribution >= 0.6 is 0 Å². The number of rotatable bonds is 4. The van der Waals surface area contributed by atoms with Crippen LogP contribution < -0.4 is 5.32 Å². The van der Waals surface area contributed by atoms with E-state index in [0.29, 0.717) is 6.42 Å². The summed E-state index contributed by atoms with van der Waals surface area (Å²) in [6.45, 7) is 10.3. The average molecular weight is 216 g/mol. The van der Waals surface area contributed by atoms with Crippen molar-refractivity contribution in [3.8, 4) is 6.07 Å². The molecule has 16 heavy (non-hydrogen) atoms. The highest BCUT2D eigenvalue weighted by atomic mass is 14.8. The maximum absolute atomic E-state index is 8.47. The van der Waals surface area contributed by atoms with Gasteiger partial charge < -0.3 is 5.32 Å². The Morgan fingerprint density at radius 3 is 2.19 bits per heavy atom. The van der Waals surface area contributed by atoms with E-state index < -0.39 is 0 Å². The van der Waals surface area contributed by atoms with Crippen LogP contribution in [0.3, 0.4) is 0 Å². The maximum Gasteiger partial charge on any atom is 0.0635 e. The van der Waals surface area contributed by atoms with Crippen molar-refractivity contribution in [2.24, 2.45) is 0 Å². The minimum Gasteiger partial charge on any atom is -0.312 e. The predicted molar refractivity (Wildman–Crippen MR) is 67.3 cm³/mol. The molecule has 0 saturated heterocycles. The number of nitriles is 1. The number of aryl methyl sites for hydroxylation is 2. The van der Waals surface area contributed by atoms with Crippen LogP contribution in [0.4, 0.5) is 0 Å². The molecule has 2 nitrogen and oxygen atoms in total. The normalized spacial score (nSPS) is 10.2. The molecule has 1 N–H and O–H groups in total. The van der Waals surface area contributed by atoms with Gasteiger partial charge in [-0.3, -0.25) is 0 Å². The molecule has 0 unspecified atom stereocenters. The summed E-state index contributed by atoms with van der Waals surface area (Å²) < 4.78 is 0. The Balaban J connectivity index is 2.83. The highest BCUT2D eigenvalue weighted by molar-refractivity contribution is 5.43. The van der Waals surface area contributed by atoms with Crippen LogP contribution in [0.5, 0.6) is 0 Å². The number of hydrogen-bond donors (Lipinski definition) is 1. The standard InChI is InChI=1S/C14H20N2/c1-10-8-11(2)13(4)14(12(10)3)9-16-7-5-6-15/h8,16H,5,7,9H2,1-4H3. The van der Waals surface area contributed by atoms with E-state index in [1.165, 1.54) is 27.8 Å². The molecular formula is C14H20N2. The lowest BCUT2D eigenvalue weighted by Crippen LogP contribution is -2.16. The van der Waals surface area contributed by atoms with E-state index in [4.69, 9.17) is 5.26 Å². The van der Waals surface area contributed by atoms with Crippen LogP contribution in [0.25, 0.3) is 0 Å². The van der Waals surface area contributed by atoms with Gasteiger partial charge in [0.05, 0.1) is 6.07 Å². The Bertz CT molecular complexity index is 387. The SMILES string of the molecule is Cc1cc(C)c(C)c(CNCCC#N)c1C. The quantitative estimate of drug-likeness (QED) is 0.785. The van der Waals surface area contributed by atoms with E-state index in [2.05, 4.69) is 45.1 Å². The summed E-state index contributed by atoms with van der Waals surface area (Å²) in [6, 6.07) is 4.38. The molecule has 0 aliphatic heterocycles. The number of nitrogens with zero attached hydrogens (tertiary/aromatic N) is 1. The summed E-state index contributed by atoms with van der Waals surface area (Å²) in [7, 11) is 0. The first-order valence-corrected chi connectivity index (χ1v) is 5.72. The minimum atomic E-state index is 0.572. The Hall–Kier alpha value is -1.33. The molecule has 2 heteroatoms. The largest absolute Gasteiger partial charge is 0.312 e. The van der Waals surface area contributed by atoms with Crippen LogP contribution in [-0.2, 0) is 6.54 Å². The van der Waals surface area contributed by atoms with Crippen LogP contribution in [0.15, 0.2) is 6.07 Å². The fourth-order valence-electron chi connectivity index (χ4n) is 1.92. The summed E-state index contributed by atoms with van der Waals surface area (Å²) in [5.74, 6) is 0. The van der Waals surface area contributed by atoms with Gasteiger partial charge in [0, 0.05) is 19.5 Å². The molecule has 0 aromatic heterocycles. The highest BCUT2D eigenvalue weighted by Gasteiger charge is 2.07. The highest BCUT2D eigenvalue weighted by Crippen LogP contribution is 2.21. The van der Waals surface area contributed by atoms with Crippen molar-refractivity contribution in [1.82, 2.24) is 5.32 Å². The first-order valence-electron chi connectivity index (χ1n) is 5.72. The number of hydrogen-bond acceptors (Lipinski definition) is 2. The van der Waals surface area contributed by atoms with Gasteiger partial charge in [0.1, 0.15) is 0 Å². The Labute approximate surface area is 98.3 Å². The molecule has 1 aromatic rings. The third kappa shape index (κ3) is 2.84. The smallest absolute Gasteiger partial charge is 0.0635 e. The fourth-order valence-corrected chi connectivity index (χ4v) is 1.92. The van der Waals surface area contributed by atoms with Crippen molar-refractivity contribution in [2.45, 2.75) is 40.7 Å². The molecule has 0 saturated carbocycles. The molecule has 0 heterocycles. The van der Waals surface area contributed by atoms with Crippen molar-refractivity contribution < 1.29 is 0 Å². The van der Waals surface area contributed by atoms with Crippen molar-refractivity contribution in [3.05, 3.63) is 33.9 Å². The van der Waals surface area contributed by atoms with E-state index in [-0.39, 0.29) is 0 Å². The summed E-state index contributed by atoms with van der Waals surface area (Å²) >= 11 is 0. The second-order valence-corrected chi connectivity index (χ2v) is 4.32. The molecular weight excluding hydrogens is 196 g/mol. The van der Waals surface area contributed by atoms with Gasteiger partial charge in [-0.15, -0.1) is 0 Å². The third-order valence-electron chi connectivity index (χ3n) is 3.24. The second-order valence-electron chi connectivity index (χ2n) is 4.32. The fraction of sp³-hybridized carbons (Fsp3) is 0.500. The van der Waals surface area contributed by atoms with Crippen molar-refractivity contribution in [3.63, 3.8) is 0 Å². The number of benzene rings is 1. The van der Waals surface area contributed by atoms with Gasteiger partial charge in [0.25, 0.3) is 0 Å². The van der Waals surface area contributed by atoms with Crippen LogP contribution in [0.1, 0.15) is 34.2 Å². The van der Waals surface area contributed by atoms with Gasteiger partial charge >= 0.3 is 0 Å². The molecule has 0 amide bonds. The van der Waals surface area contributed by atoms with Gasteiger partial charge in [-0.05, 0) is 55.5 Å². The van der Waals surface area contributed by atoms with Gasteiger partial charge in [0.2, 0.25) is 0 Å². The second kappa shape index (κ2) is 5.67. The zero-order valence-electron chi connectivity index (χ0n) is 10.6. The summed E-state index contributed by atoms with van der Waals surface area (Å²) in [5, 5.41) is 11.8. The van der Waals surface area contributed by atoms with Crippen molar-refractivity contribution in [1.29, 1.82) is 5.26 Å². The van der Waals surface area contributed by atoms with Crippen LogP contribution in [-0.4, -0.2) is 6.54 Å². The lowest BCUT2D eigenvalue weighted by Gasteiger charge is -2.15. The predicted octanol–water partition coefficient (Wildman–Crippen LogP) is 2.92. The molecule has 1 rings (SSSR count). The maximum atomic E-state index is 8.47. The van der Waals surface area contributed by atoms with Gasteiger partial charge in [-0.25, -0.2) is 0 Å². The monoisotopic (exact) mass is 216 g/mol. The van der Waals surface area contributed by atoms with Crippen LogP contribution in [0.2, 0.25) is 0 Å². The Morgan fingerprint density at radius 2 is 1.69 bits per heavy atom. The molecule has 0 aliphatic rings. The molecule has 0 spiro atoms. The molecule has 0 atom stereocenters. The molecule has 0 bridgehead atoms. The number of nitrogens with one attached hydrogen (secondary N) is 1. The van der Waals surface area contributed by atoms with E-state index in [1.807, 2.05) is 0 Å². The molecule has 0 radical (unpaired) electrons. The van der Waals surface area contributed by atoms with E-state index >= 15 is 0 Å². The average Bonchev–Trinajstić information content (AvgIpc) is 2.25. The lowest BCUT2D eigenvalue weighted by molar-refractivity contribution is 0.692. The van der Waals surface area contributed by atoms with E-state index in [9.17, 15) is 0 Å². The topological polar surface area (TPSA) is 35.8 Å². The minimum absolute atomic E-state index is 0.572. The van der Waals surface area contributed by atoms with Crippen molar-refractivity contribution >= 4 is 0 Å². The summed E-state index contributed by atoms with van der Waals surface area (Å²) in [4.78, 5) is 0. The summed E-state index contributed by atoms with van der Waals surface area (Å²) in [5.41, 5.74) is 6.82. The van der Waals surface area contributed by atoms with E-state index in [0.717, 1.165) is 13.1 Å².